The third-order valence-electron chi connectivity index (χ3n) is 1.97. The van der Waals surface area contributed by atoms with Crippen molar-refractivity contribution in [1.82, 2.24) is 0 Å². The molecule has 0 radical (unpaired) electrons. The zero-order chi connectivity index (χ0) is 11.1. The summed E-state index contributed by atoms with van der Waals surface area (Å²) in [7, 11) is 1.34. The zero-order valence-corrected chi connectivity index (χ0v) is 8.57. The number of rotatable bonds is 4. The van der Waals surface area contributed by atoms with E-state index < -0.39 is 0 Å². The van der Waals surface area contributed by atoms with Crippen LogP contribution < -0.4 is 0 Å². The Morgan fingerprint density at radius 3 is 2.80 bits per heavy atom. The van der Waals surface area contributed by atoms with E-state index in [1.807, 2.05) is 0 Å². The van der Waals surface area contributed by atoms with Crippen LogP contribution in [0, 0.1) is 5.82 Å². The number of halogens is 1. The summed E-state index contributed by atoms with van der Waals surface area (Å²) in [4.78, 5) is 10.7. The molecule has 0 aromatic heterocycles. The minimum atomic E-state index is -0.292. The van der Waals surface area contributed by atoms with E-state index in [1.165, 1.54) is 13.2 Å². The third-order valence-corrected chi connectivity index (χ3v) is 1.97. The molecule has 0 spiro atoms. The molecule has 0 aliphatic carbocycles. The lowest BCUT2D eigenvalue weighted by atomic mass is 10.1. The first-order valence-corrected chi connectivity index (χ1v) is 4.69. The van der Waals surface area contributed by atoms with Crippen LogP contribution in [0.2, 0.25) is 0 Å². The quantitative estimate of drug-likeness (QED) is 0.561. The van der Waals surface area contributed by atoms with Crippen LogP contribution in [0.4, 0.5) is 4.39 Å². The van der Waals surface area contributed by atoms with Crippen LogP contribution in [0.3, 0.4) is 0 Å². The first-order chi connectivity index (χ1) is 7.24. The summed E-state index contributed by atoms with van der Waals surface area (Å²) >= 11 is 0. The first-order valence-electron chi connectivity index (χ1n) is 4.69. The summed E-state index contributed by atoms with van der Waals surface area (Å²) in [6, 6.07) is 6.57. The maximum Gasteiger partial charge on any atom is 0.309 e. The van der Waals surface area contributed by atoms with E-state index in [2.05, 4.69) is 4.74 Å². The lowest BCUT2D eigenvalue weighted by Crippen LogP contribution is -1.97. The van der Waals surface area contributed by atoms with Crippen LogP contribution >= 0.6 is 0 Å². The highest BCUT2D eigenvalue weighted by molar-refractivity contribution is 5.70. The average molecular weight is 208 g/mol. The van der Waals surface area contributed by atoms with Gasteiger partial charge in [-0.15, -0.1) is 0 Å². The summed E-state index contributed by atoms with van der Waals surface area (Å²) in [5, 5.41) is 0. The largest absolute Gasteiger partial charge is 0.469 e. The van der Waals surface area contributed by atoms with Crippen molar-refractivity contribution in [2.75, 3.05) is 7.11 Å². The number of methoxy groups -OCH3 is 1. The van der Waals surface area contributed by atoms with Gasteiger partial charge in [0.1, 0.15) is 5.82 Å². The molecule has 0 heterocycles. The minimum absolute atomic E-state index is 0.222. The minimum Gasteiger partial charge on any atom is -0.469 e. The molecule has 0 unspecified atom stereocenters. The molecule has 2 nitrogen and oxygen atoms in total. The Morgan fingerprint density at radius 1 is 1.40 bits per heavy atom. The summed E-state index contributed by atoms with van der Waals surface area (Å²) in [6.45, 7) is 0. The van der Waals surface area contributed by atoms with Gasteiger partial charge in [0, 0.05) is 0 Å². The first kappa shape index (κ1) is 11.4. The van der Waals surface area contributed by atoms with Gasteiger partial charge in [0.15, 0.2) is 0 Å². The van der Waals surface area contributed by atoms with Crippen molar-refractivity contribution < 1.29 is 13.9 Å². The summed E-state index contributed by atoms with van der Waals surface area (Å²) in [5.74, 6) is -0.514. The van der Waals surface area contributed by atoms with E-state index in [0.717, 1.165) is 0 Å². The normalized spacial score (nSPS) is 10.5. The Morgan fingerprint density at radius 2 is 2.13 bits per heavy atom. The van der Waals surface area contributed by atoms with Gasteiger partial charge in [-0.05, 0) is 18.1 Å². The molecule has 1 aromatic carbocycles. The van der Waals surface area contributed by atoms with Crippen LogP contribution in [0.5, 0.6) is 0 Å². The molecule has 80 valence electrons. The predicted molar refractivity (Wildman–Crippen MR) is 55.9 cm³/mol. The maximum absolute atomic E-state index is 13.1. The molecule has 0 saturated carbocycles. The van der Waals surface area contributed by atoms with Crippen molar-refractivity contribution in [3.05, 3.63) is 47.8 Å². The molecule has 0 aliphatic heterocycles. The van der Waals surface area contributed by atoms with Gasteiger partial charge >= 0.3 is 5.97 Å². The van der Waals surface area contributed by atoms with E-state index in [9.17, 15) is 9.18 Å². The molecular formula is C12H13FO2. The molecule has 0 fully saturated rings. The SMILES string of the molecule is COC(=O)C/C=C/Cc1ccccc1F. The van der Waals surface area contributed by atoms with Gasteiger partial charge in [0.2, 0.25) is 0 Å². The Kier molecular flexibility index (Phi) is 4.54. The molecule has 0 N–H and O–H groups in total. The topological polar surface area (TPSA) is 26.3 Å². The highest BCUT2D eigenvalue weighted by Crippen LogP contribution is 2.07. The standard InChI is InChI=1S/C12H13FO2/c1-15-12(14)9-5-3-7-10-6-2-4-8-11(10)13/h2-6,8H,7,9H2,1H3/b5-3+. The summed E-state index contributed by atoms with van der Waals surface area (Å²) < 4.78 is 17.6. The van der Waals surface area contributed by atoms with E-state index in [-0.39, 0.29) is 18.2 Å². The van der Waals surface area contributed by atoms with Crippen molar-refractivity contribution in [3.63, 3.8) is 0 Å². The number of carbonyl (C=O) groups is 1. The molecule has 0 aliphatic rings. The molecule has 3 heteroatoms. The van der Waals surface area contributed by atoms with Gasteiger partial charge in [-0.1, -0.05) is 30.4 Å². The summed E-state index contributed by atoms with van der Waals surface area (Å²) in [5.41, 5.74) is 0.624. The van der Waals surface area contributed by atoms with Crippen LogP contribution in [0.25, 0.3) is 0 Å². The fourth-order valence-electron chi connectivity index (χ4n) is 1.14. The summed E-state index contributed by atoms with van der Waals surface area (Å²) in [6.07, 6.45) is 4.15. The Bertz CT molecular complexity index is 358. The fourth-order valence-corrected chi connectivity index (χ4v) is 1.14. The van der Waals surface area contributed by atoms with Crippen LogP contribution in [-0.4, -0.2) is 13.1 Å². The highest BCUT2D eigenvalue weighted by Gasteiger charge is 1.97. The third kappa shape index (κ3) is 3.94. The van der Waals surface area contributed by atoms with Gasteiger partial charge in [-0.3, -0.25) is 4.79 Å². The predicted octanol–water partition coefficient (Wildman–Crippen LogP) is 2.49. The lowest BCUT2D eigenvalue weighted by Gasteiger charge is -1.97. The maximum atomic E-state index is 13.1. The number of hydrogen-bond donors (Lipinski definition) is 0. The Labute approximate surface area is 88.4 Å². The van der Waals surface area contributed by atoms with Gasteiger partial charge in [-0.25, -0.2) is 4.39 Å². The molecule has 0 atom stereocenters. The number of benzene rings is 1. The lowest BCUT2D eigenvalue weighted by molar-refractivity contribution is -0.139. The molecule has 15 heavy (non-hydrogen) atoms. The van der Waals surface area contributed by atoms with E-state index in [1.54, 1.807) is 30.4 Å². The number of ether oxygens (including phenoxy) is 1. The molecule has 0 bridgehead atoms. The zero-order valence-electron chi connectivity index (χ0n) is 8.57. The van der Waals surface area contributed by atoms with Gasteiger partial charge in [-0.2, -0.15) is 0 Å². The van der Waals surface area contributed by atoms with Gasteiger partial charge in [0.25, 0.3) is 0 Å². The molecular weight excluding hydrogens is 195 g/mol. The molecule has 1 aromatic rings. The van der Waals surface area contributed by atoms with Crippen molar-refractivity contribution in [1.29, 1.82) is 0 Å². The molecule has 1 rings (SSSR count). The second kappa shape index (κ2) is 5.96. The van der Waals surface area contributed by atoms with Crippen LogP contribution in [-0.2, 0) is 16.0 Å². The van der Waals surface area contributed by atoms with Crippen molar-refractivity contribution >= 4 is 5.97 Å². The Balaban J connectivity index is 2.44. The van der Waals surface area contributed by atoms with E-state index in [0.29, 0.717) is 12.0 Å². The number of carbonyl (C=O) groups excluding carboxylic acids is 1. The van der Waals surface area contributed by atoms with Crippen molar-refractivity contribution in [2.45, 2.75) is 12.8 Å². The van der Waals surface area contributed by atoms with Crippen LogP contribution in [0.1, 0.15) is 12.0 Å². The van der Waals surface area contributed by atoms with Gasteiger partial charge < -0.3 is 4.74 Å². The monoisotopic (exact) mass is 208 g/mol. The second-order valence-corrected chi connectivity index (χ2v) is 3.05. The fraction of sp³-hybridized carbons (Fsp3) is 0.250. The van der Waals surface area contributed by atoms with E-state index in [4.69, 9.17) is 0 Å². The second-order valence-electron chi connectivity index (χ2n) is 3.05. The number of allylic oxidation sites excluding steroid dienone is 1. The number of hydrogen-bond acceptors (Lipinski definition) is 2. The van der Waals surface area contributed by atoms with Crippen molar-refractivity contribution in [2.24, 2.45) is 0 Å². The smallest absolute Gasteiger partial charge is 0.309 e. The van der Waals surface area contributed by atoms with Crippen LogP contribution in [0.15, 0.2) is 36.4 Å². The highest BCUT2D eigenvalue weighted by atomic mass is 19.1. The Hall–Kier alpha value is -1.64. The van der Waals surface area contributed by atoms with Gasteiger partial charge in [0.05, 0.1) is 13.5 Å². The van der Waals surface area contributed by atoms with E-state index >= 15 is 0 Å². The average Bonchev–Trinajstić information content (AvgIpc) is 2.26. The molecule has 0 saturated heterocycles. The van der Waals surface area contributed by atoms with Crippen molar-refractivity contribution in [3.8, 4) is 0 Å². The molecule has 0 amide bonds. The number of esters is 1.